The zero-order valence-electron chi connectivity index (χ0n) is 13.0. The summed E-state index contributed by atoms with van der Waals surface area (Å²) in [5.41, 5.74) is 5.95. The minimum absolute atomic E-state index is 0.00532. The van der Waals surface area contributed by atoms with Crippen LogP contribution in [0.15, 0.2) is 0 Å². The lowest BCUT2D eigenvalue weighted by Gasteiger charge is -2.27. The van der Waals surface area contributed by atoms with Crippen molar-refractivity contribution in [3.8, 4) is 0 Å². The quantitative estimate of drug-likeness (QED) is 0.738. The van der Waals surface area contributed by atoms with Gasteiger partial charge in [-0.1, -0.05) is 34.1 Å². The SMILES string of the molecule is CCC(C)C(N)C(=O)NC[C@H]1CCCN1CC(C)C. The van der Waals surface area contributed by atoms with E-state index in [0.717, 1.165) is 26.1 Å². The van der Waals surface area contributed by atoms with E-state index in [1.807, 2.05) is 6.92 Å². The van der Waals surface area contributed by atoms with Gasteiger partial charge in [0.1, 0.15) is 0 Å². The number of carbonyl (C=O) groups is 1. The number of rotatable bonds is 7. The summed E-state index contributed by atoms with van der Waals surface area (Å²) >= 11 is 0. The lowest BCUT2D eigenvalue weighted by Crippen LogP contribution is -2.48. The van der Waals surface area contributed by atoms with Gasteiger partial charge in [-0.2, -0.15) is 0 Å². The molecule has 0 aliphatic carbocycles. The second kappa shape index (κ2) is 7.85. The van der Waals surface area contributed by atoms with Crippen molar-refractivity contribution < 1.29 is 4.79 Å². The molecule has 0 aromatic carbocycles. The Labute approximate surface area is 118 Å². The Hall–Kier alpha value is -0.610. The van der Waals surface area contributed by atoms with Crippen LogP contribution in [0, 0.1) is 11.8 Å². The van der Waals surface area contributed by atoms with Gasteiger partial charge >= 0.3 is 0 Å². The fraction of sp³-hybridized carbons (Fsp3) is 0.933. The molecule has 0 spiro atoms. The normalized spacial score (nSPS) is 23.6. The minimum Gasteiger partial charge on any atom is -0.353 e. The summed E-state index contributed by atoms with van der Waals surface area (Å²) in [5, 5.41) is 3.04. The van der Waals surface area contributed by atoms with Gasteiger partial charge in [0.15, 0.2) is 0 Å². The van der Waals surface area contributed by atoms with Crippen molar-refractivity contribution in [3.05, 3.63) is 0 Å². The van der Waals surface area contributed by atoms with Crippen LogP contribution in [0.3, 0.4) is 0 Å². The topological polar surface area (TPSA) is 58.4 Å². The van der Waals surface area contributed by atoms with Crippen molar-refractivity contribution in [3.63, 3.8) is 0 Å². The summed E-state index contributed by atoms with van der Waals surface area (Å²) in [6.07, 6.45) is 3.37. The van der Waals surface area contributed by atoms with Crippen LogP contribution < -0.4 is 11.1 Å². The summed E-state index contributed by atoms with van der Waals surface area (Å²) < 4.78 is 0. The molecule has 4 nitrogen and oxygen atoms in total. The molecule has 19 heavy (non-hydrogen) atoms. The molecule has 1 amide bonds. The molecule has 0 aromatic heterocycles. The number of hydrogen-bond donors (Lipinski definition) is 2. The molecular formula is C15H31N3O. The third-order valence-corrected chi connectivity index (χ3v) is 4.17. The van der Waals surface area contributed by atoms with Crippen LogP contribution >= 0.6 is 0 Å². The van der Waals surface area contributed by atoms with Crippen molar-refractivity contribution >= 4 is 5.91 Å². The summed E-state index contributed by atoms with van der Waals surface area (Å²) in [7, 11) is 0. The van der Waals surface area contributed by atoms with Crippen LogP contribution in [0.2, 0.25) is 0 Å². The number of likely N-dealkylation sites (tertiary alicyclic amines) is 1. The molecule has 3 atom stereocenters. The van der Waals surface area contributed by atoms with Crippen molar-refractivity contribution in [1.29, 1.82) is 0 Å². The maximum absolute atomic E-state index is 12.0. The Balaban J connectivity index is 2.36. The Morgan fingerprint density at radius 3 is 2.68 bits per heavy atom. The molecule has 0 aromatic rings. The summed E-state index contributed by atoms with van der Waals surface area (Å²) in [5.74, 6) is 0.930. The van der Waals surface area contributed by atoms with Crippen molar-refractivity contribution in [2.45, 2.75) is 59.0 Å². The van der Waals surface area contributed by atoms with Gasteiger partial charge in [0.2, 0.25) is 5.91 Å². The third kappa shape index (κ3) is 5.11. The van der Waals surface area contributed by atoms with E-state index in [-0.39, 0.29) is 17.9 Å². The summed E-state index contributed by atoms with van der Waals surface area (Å²) in [4.78, 5) is 14.5. The van der Waals surface area contributed by atoms with E-state index in [0.29, 0.717) is 12.0 Å². The van der Waals surface area contributed by atoms with Crippen LogP contribution in [-0.4, -0.2) is 42.5 Å². The first-order valence-electron chi connectivity index (χ1n) is 7.73. The second-order valence-corrected chi connectivity index (χ2v) is 6.34. The number of hydrogen-bond acceptors (Lipinski definition) is 3. The second-order valence-electron chi connectivity index (χ2n) is 6.34. The van der Waals surface area contributed by atoms with Gasteiger partial charge in [0, 0.05) is 19.1 Å². The van der Waals surface area contributed by atoms with Crippen molar-refractivity contribution in [1.82, 2.24) is 10.2 Å². The molecule has 4 heteroatoms. The summed E-state index contributed by atoms with van der Waals surface area (Å²) in [6, 6.07) is 0.125. The highest BCUT2D eigenvalue weighted by Crippen LogP contribution is 2.18. The average Bonchev–Trinajstić information content (AvgIpc) is 2.80. The predicted molar refractivity (Wildman–Crippen MR) is 79.9 cm³/mol. The molecule has 1 aliphatic rings. The molecule has 1 saturated heterocycles. The van der Waals surface area contributed by atoms with Gasteiger partial charge < -0.3 is 11.1 Å². The van der Waals surface area contributed by atoms with E-state index in [9.17, 15) is 4.79 Å². The molecular weight excluding hydrogens is 238 g/mol. The first-order chi connectivity index (χ1) is 8.95. The molecule has 112 valence electrons. The standard InChI is InChI=1S/C15H31N3O/c1-5-12(4)14(16)15(19)17-9-13-7-6-8-18(13)10-11(2)3/h11-14H,5-10,16H2,1-4H3,(H,17,19)/t12?,13-,14?/m1/s1. The molecule has 2 unspecified atom stereocenters. The molecule has 1 heterocycles. The van der Waals surface area contributed by atoms with Gasteiger partial charge in [-0.3, -0.25) is 9.69 Å². The van der Waals surface area contributed by atoms with E-state index >= 15 is 0 Å². The molecule has 1 aliphatic heterocycles. The number of amides is 1. The minimum atomic E-state index is -0.370. The van der Waals surface area contributed by atoms with Crippen molar-refractivity contribution in [2.24, 2.45) is 17.6 Å². The van der Waals surface area contributed by atoms with Gasteiger partial charge in [-0.15, -0.1) is 0 Å². The third-order valence-electron chi connectivity index (χ3n) is 4.17. The first kappa shape index (κ1) is 16.4. The number of carbonyl (C=O) groups excluding carboxylic acids is 1. The van der Waals surface area contributed by atoms with Gasteiger partial charge in [0.05, 0.1) is 6.04 Å². The van der Waals surface area contributed by atoms with E-state index in [4.69, 9.17) is 5.73 Å². The highest BCUT2D eigenvalue weighted by molar-refractivity contribution is 5.81. The highest BCUT2D eigenvalue weighted by Gasteiger charge is 2.26. The average molecular weight is 269 g/mol. The largest absolute Gasteiger partial charge is 0.353 e. The maximum atomic E-state index is 12.0. The number of nitrogens with one attached hydrogen (secondary N) is 1. The maximum Gasteiger partial charge on any atom is 0.237 e. The molecule has 3 N–H and O–H groups in total. The van der Waals surface area contributed by atoms with Crippen LogP contribution in [0.1, 0.15) is 47.0 Å². The van der Waals surface area contributed by atoms with E-state index in [1.54, 1.807) is 0 Å². The molecule has 1 rings (SSSR count). The lowest BCUT2D eigenvalue weighted by molar-refractivity contribution is -0.123. The molecule has 0 bridgehead atoms. The van der Waals surface area contributed by atoms with Crippen LogP contribution in [0.25, 0.3) is 0 Å². The van der Waals surface area contributed by atoms with Gasteiger partial charge in [-0.25, -0.2) is 0 Å². The van der Waals surface area contributed by atoms with Crippen LogP contribution in [-0.2, 0) is 4.79 Å². The highest BCUT2D eigenvalue weighted by atomic mass is 16.2. The first-order valence-corrected chi connectivity index (χ1v) is 7.73. The van der Waals surface area contributed by atoms with E-state index in [1.165, 1.54) is 12.8 Å². The fourth-order valence-electron chi connectivity index (χ4n) is 2.68. The Morgan fingerprint density at radius 2 is 2.11 bits per heavy atom. The number of nitrogens with two attached hydrogens (primary N) is 1. The monoisotopic (exact) mass is 269 g/mol. The molecule has 1 fully saturated rings. The van der Waals surface area contributed by atoms with Crippen LogP contribution in [0.4, 0.5) is 0 Å². The zero-order valence-corrected chi connectivity index (χ0v) is 13.0. The molecule has 0 radical (unpaired) electrons. The predicted octanol–water partition coefficient (Wildman–Crippen LogP) is 1.60. The Kier molecular flexibility index (Phi) is 6.80. The fourth-order valence-corrected chi connectivity index (χ4v) is 2.68. The van der Waals surface area contributed by atoms with Crippen molar-refractivity contribution in [2.75, 3.05) is 19.6 Å². The molecule has 0 saturated carbocycles. The Bertz CT molecular complexity index is 281. The van der Waals surface area contributed by atoms with E-state index < -0.39 is 0 Å². The van der Waals surface area contributed by atoms with Gasteiger partial charge in [0.25, 0.3) is 0 Å². The lowest BCUT2D eigenvalue weighted by atomic mass is 9.99. The number of nitrogens with zero attached hydrogens (tertiary/aromatic N) is 1. The summed E-state index contributed by atoms with van der Waals surface area (Å²) in [6.45, 7) is 11.6. The Morgan fingerprint density at radius 1 is 1.42 bits per heavy atom. The zero-order chi connectivity index (χ0) is 14.4. The van der Waals surface area contributed by atoms with Crippen LogP contribution in [0.5, 0.6) is 0 Å². The smallest absolute Gasteiger partial charge is 0.237 e. The van der Waals surface area contributed by atoms with Gasteiger partial charge in [-0.05, 0) is 31.2 Å². The van der Waals surface area contributed by atoms with E-state index in [2.05, 4.69) is 31.0 Å².